The Morgan fingerprint density at radius 1 is 1.45 bits per heavy atom. The lowest BCUT2D eigenvalue weighted by Gasteiger charge is -2.27. The van der Waals surface area contributed by atoms with Gasteiger partial charge in [-0.1, -0.05) is 18.2 Å². The second kappa shape index (κ2) is 7.90. The van der Waals surface area contributed by atoms with Gasteiger partial charge in [0.1, 0.15) is 4.90 Å². The number of anilines is 1. The summed E-state index contributed by atoms with van der Waals surface area (Å²) in [5, 5.41) is 22.2. The number of para-hydroxylation sites is 1. The predicted molar refractivity (Wildman–Crippen MR) is 81.7 cm³/mol. The van der Waals surface area contributed by atoms with Gasteiger partial charge in [-0.2, -0.15) is 4.31 Å². The molecular formula is C13H18N3O5S-. The molecule has 1 rings (SSSR count). The Kier molecular flexibility index (Phi) is 6.50. The van der Waals surface area contributed by atoms with E-state index in [1.165, 1.54) is 37.3 Å². The van der Waals surface area contributed by atoms with Crippen LogP contribution in [-0.2, 0) is 14.8 Å². The monoisotopic (exact) mass is 328 g/mol. The lowest BCUT2D eigenvalue weighted by atomic mass is 10.3. The molecule has 0 aliphatic carbocycles. The third-order valence-electron chi connectivity index (χ3n) is 2.76. The van der Waals surface area contributed by atoms with Gasteiger partial charge in [-0.25, -0.2) is 8.42 Å². The quantitative estimate of drug-likeness (QED) is 0.536. The maximum atomic E-state index is 12.6. The smallest absolute Gasteiger partial charge is 0.245 e. The second-order valence-electron chi connectivity index (χ2n) is 4.38. The Bertz CT molecular complexity index is 630. The highest BCUT2D eigenvalue weighted by Crippen LogP contribution is 2.26. The summed E-state index contributed by atoms with van der Waals surface area (Å²) in [6.45, 7) is 4.94. The minimum Gasteiger partial charge on any atom is -0.733 e. The average molecular weight is 328 g/mol. The minimum absolute atomic E-state index is 0.000534. The van der Waals surface area contributed by atoms with E-state index in [-0.39, 0.29) is 36.1 Å². The van der Waals surface area contributed by atoms with E-state index in [0.29, 0.717) is 0 Å². The van der Waals surface area contributed by atoms with Gasteiger partial charge in [0, 0.05) is 26.6 Å². The second-order valence-corrected chi connectivity index (χ2v) is 6.28. The first-order chi connectivity index (χ1) is 10.3. The van der Waals surface area contributed by atoms with Gasteiger partial charge in [0.15, 0.2) is 0 Å². The number of nitrogens with one attached hydrogen (secondary N) is 1. The van der Waals surface area contributed by atoms with Crippen LogP contribution in [0.25, 0.3) is 0 Å². The van der Waals surface area contributed by atoms with Gasteiger partial charge in [-0.05, 0) is 12.1 Å². The number of hydrogen-bond acceptors (Lipinski definition) is 6. The van der Waals surface area contributed by atoms with Gasteiger partial charge in [0.25, 0.3) is 0 Å². The third kappa shape index (κ3) is 4.53. The molecule has 0 aliphatic heterocycles. The molecule has 0 heterocycles. The summed E-state index contributed by atoms with van der Waals surface area (Å²) in [5.74, 6) is -0.280. The fourth-order valence-electron chi connectivity index (χ4n) is 1.78. The molecule has 0 aromatic heterocycles. The van der Waals surface area contributed by atoms with E-state index < -0.39 is 15.2 Å². The van der Waals surface area contributed by atoms with Crippen molar-refractivity contribution in [1.82, 2.24) is 9.62 Å². The molecule has 0 saturated carbocycles. The molecule has 1 amide bonds. The minimum atomic E-state index is -4.03. The molecule has 0 unspecified atom stereocenters. The van der Waals surface area contributed by atoms with E-state index >= 15 is 0 Å². The first-order valence-electron chi connectivity index (χ1n) is 6.41. The van der Waals surface area contributed by atoms with Crippen molar-refractivity contribution in [2.45, 2.75) is 11.8 Å². The topological polar surface area (TPSA) is 113 Å². The van der Waals surface area contributed by atoms with Gasteiger partial charge >= 0.3 is 0 Å². The maximum absolute atomic E-state index is 12.6. The normalized spacial score (nSPS) is 11.3. The van der Waals surface area contributed by atoms with Gasteiger partial charge in [-0.3, -0.25) is 10.0 Å². The molecule has 0 aliphatic rings. The fourth-order valence-corrected chi connectivity index (χ4v) is 3.36. The molecule has 2 N–H and O–H groups in total. The molecule has 0 saturated heterocycles. The van der Waals surface area contributed by atoms with E-state index in [4.69, 9.17) is 5.21 Å². The zero-order chi connectivity index (χ0) is 16.8. The molecule has 0 bridgehead atoms. The molecule has 0 spiro atoms. The SMILES string of the molecule is C=CCN(CCNC(C)=O)S(=O)(=O)c1ccccc1N([O-])O. The summed E-state index contributed by atoms with van der Waals surface area (Å²) in [7, 11) is -4.03. The summed E-state index contributed by atoms with van der Waals surface area (Å²) in [5.41, 5.74) is -0.379. The van der Waals surface area contributed by atoms with Crippen molar-refractivity contribution in [2.24, 2.45) is 0 Å². The lowest BCUT2D eigenvalue weighted by Crippen LogP contribution is -2.38. The fraction of sp³-hybridized carbons (Fsp3) is 0.308. The molecule has 1 aromatic rings. The first-order valence-corrected chi connectivity index (χ1v) is 7.85. The van der Waals surface area contributed by atoms with Crippen molar-refractivity contribution in [3.05, 3.63) is 42.1 Å². The number of nitrogens with zero attached hydrogens (tertiary/aromatic N) is 2. The molecule has 0 fully saturated rings. The van der Waals surface area contributed by atoms with Crippen LogP contribution in [0.2, 0.25) is 0 Å². The van der Waals surface area contributed by atoms with Crippen LogP contribution in [0.4, 0.5) is 5.69 Å². The zero-order valence-electron chi connectivity index (χ0n) is 12.1. The number of sulfonamides is 1. The van der Waals surface area contributed by atoms with E-state index in [2.05, 4.69) is 11.9 Å². The van der Waals surface area contributed by atoms with E-state index in [1.807, 2.05) is 0 Å². The van der Waals surface area contributed by atoms with Crippen LogP contribution < -0.4 is 10.5 Å². The number of carbonyl (C=O) groups excluding carboxylic acids is 1. The van der Waals surface area contributed by atoms with Crippen molar-refractivity contribution in [3.8, 4) is 0 Å². The maximum Gasteiger partial charge on any atom is 0.245 e. The summed E-state index contributed by atoms with van der Waals surface area (Å²) in [6, 6.07) is 5.30. The van der Waals surface area contributed by atoms with Crippen LogP contribution in [0.1, 0.15) is 6.92 Å². The number of amides is 1. The predicted octanol–water partition coefficient (Wildman–Crippen LogP) is 0.693. The zero-order valence-corrected chi connectivity index (χ0v) is 12.9. The largest absolute Gasteiger partial charge is 0.733 e. The molecule has 122 valence electrons. The molecule has 9 heteroatoms. The molecule has 0 radical (unpaired) electrons. The summed E-state index contributed by atoms with van der Waals surface area (Å²) >= 11 is 0. The molecule has 0 atom stereocenters. The Morgan fingerprint density at radius 2 is 2.09 bits per heavy atom. The van der Waals surface area contributed by atoms with Crippen LogP contribution in [0.3, 0.4) is 0 Å². The summed E-state index contributed by atoms with van der Waals surface area (Å²) < 4.78 is 26.3. The van der Waals surface area contributed by atoms with Gasteiger partial charge in [0.2, 0.25) is 15.9 Å². The first kappa shape index (κ1) is 18.1. The standard InChI is InChI=1S/C13H18N3O5S/c1-3-9-15(10-8-14-11(2)17)22(20,21)13-7-5-4-6-12(13)16(18)19/h3-7,18H,1,8-10H2,2H3,(H,14,17)/q-1. The average Bonchev–Trinajstić information content (AvgIpc) is 2.46. The Balaban J connectivity index is 3.11. The summed E-state index contributed by atoms with van der Waals surface area (Å²) in [6.07, 6.45) is 1.39. The molecule has 1 aromatic carbocycles. The van der Waals surface area contributed by atoms with Crippen LogP contribution in [0, 0.1) is 5.21 Å². The summed E-state index contributed by atoms with van der Waals surface area (Å²) in [4.78, 5) is 10.5. The highest BCUT2D eigenvalue weighted by atomic mass is 32.2. The van der Waals surface area contributed by atoms with Crippen molar-refractivity contribution >= 4 is 21.6 Å². The number of benzene rings is 1. The van der Waals surface area contributed by atoms with E-state index in [9.17, 15) is 18.4 Å². The Hall–Kier alpha value is -1.94. The number of rotatable bonds is 8. The Labute approximate surface area is 129 Å². The van der Waals surface area contributed by atoms with Gasteiger partial charge in [-0.15, -0.1) is 6.58 Å². The molecule has 22 heavy (non-hydrogen) atoms. The van der Waals surface area contributed by atoms with Crippen molar-refractivity contribution in [3.63, 3.8) is 0 Å². The van der Waals surface area contributed by atoms with E-state index in [1.54, 1.807) is 0 Å². The number of hydrogen-bond donors (Lipinski definition) is 2. The van der Waals surface area contributed by atoms with E-state index in [0.717, 1.165) is 4.31 Å². The van der Waals surface area contributed by atoms with Crippen molar-refractivity contribution in [2.75, 3.05) is 24.9 Å². The van der Waals surface area contributed by atoms with Crippen LogP contribution >= 0.6 is 0 Å². The third-order valence-corrected chi connectivity index (χ3v) is 4.67. The van der Waals surface area contributed by atoms with Crippen LogP contribution in [0.15, 0.2) is 41.8 Å². The number of carbonyl (C=O) groups is 1. The Morgan fingerprint density at radius 3 is 2.64 bits per heavy atom. The lowest BCUT2D eigenvalue weighted by molar-refractivity contribution is -0.118. The molecular weight excluding hydrogens is 310 g/mol. The van der Waals surface area contributed by atoms with Crippen LogP contribution in [-0.4, -0.2) is 43.5 Å². The van der Waals surface area contributed by atoms with Crippen molar-refractivity contribution in [1.29, 1.82) is 0 Å². The van der Waals surface area contributed by atoms with Gasteiger partial charge < -0.3 is 15.8 Å². The molecule has 8 nitrogen and oxygen atoms in total. The van der Waals surface area contributed by atoms with Gasteiger partial charge in [0.05, 0.1) is 5.69 Å². The highest BCUT2D eigenvalue weighted by molar-refractivity contribution is 7.89. The van der Waals surface area contributed by atoms with Crippen molar-refractivity contribution < 1.29 is 18.4 Å². The highest BCUT2D eigenvalue weighted by Gasteiger charge is 2.26. The van der Waals surface area contributed by atoms with Crippen LogP contribution in [0.5, 0.6) is 0 Å².